The summed E-state index contributed by atoms with van der Waals surface area (Å²) in [6, 6.07) is 3.15. The minimum atomic E-state index is -1.01. The number of hydrogen-bond acceptors (Lipinski definition) is 3. The van der Waals surface area contributed by atoms with E-state index in [1.165, 1.54) is 23.1 Å². The highest BCUT2D eigenvalue weighted by Gasteiger charge is 2.17. The van der Waals surface area contributed by atoms with E-state index in [4.69, 9.17) is 5.11 Å². The molecule has 128 valence electrons. The first-order valence-corrected chi connectivity index (χ1v) is 7.49. The predicted octanol–water partition coefficient (Wildman–Crippen LogP) is 1.81. The lowest BCUT2D eigenvalue weighted by Gasteiger charge is -2.21. The van der Waals surface area contributed by atoms with Crippen LogP contribution in [0, 0.1) is 11.6 Å². The molecule has 1 atom stereocenters. The molecule has 7 heteroatoms. The Morgan fingerprint density at radius 3 is 2.39 bits per heavy atom. The van der Waals surface area contributed by atoms with E-state index in [9.17, 15) is 18.4 Å². The Kier molecular flexibility index (Phi) is 7.61. The first kappa shape index (κ1) is 19.0. The highest BCUT2D eigenvalue weighted by molar-refractivity contribution is 5.79. The first-order valence-electron chi connectivity index (χ1n) is 7.49. The highest BCUT2D eigenvalue weighted by Crippen LogP contribution is 2.14. The molecule has 23 heavy (non-hydrogen) atoms. The molecule has 1 rings (SSSR count). The quantitative estimate of drug-likeness (QED) is 0.725. The number of hydrogen-bond donors (Lipinski definition) is 2. The third kappa shape index (κ3) is 6.73. The van der Waals surface area contributed by atoms with Crippen LogP contribution < -0.4 is 5.32 Å². The van der Waals surface area contributed by atoms with Gasteiger partial charge in [0.05, 0.1) is 13.1 Å². The molecule has 0 aliphatic carbocycles. The van der Waals surface area contributed by atoms with E-state index in [1.54, 1.807) is 6.92 Å². The fourth-order valence-electron chi connectivity index (χ4n) is 2.33. The van der Waals surface area contributed by atoms with E-state index in [2.05, 4.69) is 5.32 Å². The normalized spacial score (nSPS) is 12.2. The van der Waals surface area contributed by atoms with E-state index < -0.39 is 23.6 Å². The van der Waals surface area contributed by atoms with Crippen molar-refractivity contribution in [2.45, 2.75) is 32.7 Å². The lowest BCUT2D eigenvalue weighted by Crippen LogP contribution is -2.43. The fourth-order valence-corrected chi connectivity index (χ4v) is 2.33. The van der Waals surface area contributed by atoms with Crippen molar-refractivity contribution >= 4 is 11.9 Å². The minimum Gasteiger partial charge on any atom is -0.480 e. The first-order chi connectivity index (χ1) is 10.8. The van der Waals surface area contributed by atoms with Gasteiger partial charge in [-0.15, -0.1) is 0 Å². The molecule has 0 saturated heterocycles. The molecule has 0 heterocycles. The maximum atomic E-state index is 13.6. The number of nitrogens with one attached hydrogen (secondary N) is 1. The van der Waals surface area contributed by atoms with Crippen LogP contribution in [0.2, 0.25) is 0 Å². The van der Waals surface area contributed by atoms with Gasteiger partial charge in [-0.3, -0.25) is 14.5 Å². The van der Waals surface area contributed by atoms with Gasteiger partial charge in [0, 0.05) is 11.6 Å². The van der Waals surface area contributed by atoms with Crippen molar-refractivity contribution in [3.63, 3.8) is 0 Å². The second-order valence-corrected chi connectivity index (χ2v) is 5.48. The molecule has 0 spiro atoms. The van der Waals surface area contributed by atoms with Crippen LogP contribution in [0.25, 0.3) is 0 Å². The van der Waals surface area contributed by atoms with Crippen molar-refractivity contribution in [2.24, 2.45) is 0 Å². The number of carbonyl (C=O) groups excluding carboxylic acids is 1. The second-order valence-electron chi connectivity index (χ2n) is 5.48. The summed E-state index contributed by atoms with van der Waals surface area (Å²) >= 11 is 0. The summed E-state index contributed by atoms with van der Waals surface area (Å²) in [5.41, 5.74) is -0.0729. The molecule has 1 aromatic carbocycles. The van der Waals surface area contributed by atoms with E-state index in [0.29, 0.717) is 6.54 Å². The van der Waals surface area contributed by atoms with E-state index >= 15 is 0 Å². The number of carboxylic acid groups (broad SMARTS) is 1. The molecule has 0 aliphatic rings. The van der Waals surface area contributed by atoms with Crippen LogP contribution in [0.3, 0.4) is 0 Å². The van der Waals surface area contributed by atoms with Gasteiger partial charge in [0.25, 0.3) is 0 Å². The molecular weight excluding hydrogens is 306 g/mol. The van der Waals surface area contributed by atoms with Gasteiger partial charge in [-0.2, -0.15) is 0 Å². The van der Waals surface area contributed by atoms with Crippen molar-refractivity contribution in [1.29, 1.82) is 0 Å². The SMILES string of the molecule is CCCN(CC(=O)O)CC(=O)NC(C)Cc1c(F)cccc1F. The number of amides is 1. The molecule has 5 nitrogen and oxygen atoms in total. The Balaban J connectivity index is 2.57. The molecule has 0 bridgehead atoms. The molecule has 1 aromatic rings. The topological polar surface area (TPSA) is 69.6 Å². The summed E-state index contributed by atoms with van der Waals surface area (Å²) in [7, 11) is 0. The van der Waals surface area contributed by atoms with Gasteiger partial charge in [-0.25, -0.2) is 8.78 Å². The number of carbonyl (C=O) groups is 2. The van der Waals surface area contributed by atoms with Gasteiger partial charge in [-0.1, -0.05) is 13.0 Å². The number of benzene rings is 1. The Labute approximate surface area is 134 Å². The van der Waals surface area contributed by atoms with Gasteiger partial charge in [0.15, 0.2) is 0 Å². The van der Waals surface area contributed by atoms with Crippen molar-refractivity contribution < 1.29 is 23.5 Å². The third-order valence-electron chi connectivity index (χ3n) is 3.25. The van der Waals surface area contributed by atoms with Crippen LogP contribution in [-0.2, 0) is 16.0 Å². The largest absolute Gasteiger partial charge is 0.480 e. The summed E-state index contributed by atoms with van der Waals surface area (Å²) < 4.78 is 27.2. The molecule has 0 fully saturated rings. The van der Waals surface area contributed by atoms with Crippen LogP contribution in [0.1, 0.15) is 25.8 Å². The Bertz CT molecular complexity index is 532. The standard InChI is InChI=1S/C16H22F2N2O3/c1-3-7-20(10-16(22)23)9-15(21)19-11(2)8-12-13(17)5-4-6-14(12)18/h4-6,11H,3,7-10H2,1-2H3,(H,19,21)(H,22,23). The minimum absolute atomic E-state index is 0.0248. The number of aliphatic carboxylic acids is 1. The summed E-state index contributed by atoms with van der Waals surface area (Å²) in [6.07, 6.45) is 0.744. The summed E-state index contributed by atoms with van der Waals surface area (Å²) in [5, 5.41) is 11.4. The zero-order chi connectivity index (χ0) is 17.4. The van der Waals surface area contributed by atoms with Crippen LogP contribution in [0.4, 0.5) is 8.78 Å². The summed E-state index contributed by atoms with van der Waals surface area (Å²) in [6.45, 7) is 3.72. The maximum absolute atomic E-state index is 13.6. The van der Waals surface area contributed by atoms with Crippen molar-refractivity contribution in [2.75, 3.05) is 19.6 Å². The van der Waals surface area contributed by atoms with Gasteiger partial charge >= 0.3 is 5.97 Å². The van der Waals surface area contributed by atoms with Gasteiger partial charge in [0.2, 0.25) is 5.91 Å². The summed E-state index contributed by atoms with van der Waals surface area (Å²) in [4.78, 5) is 24.2. The Morgan fingerprint density at radius 2 is 1.87 bits per heavy atom. The van der Waals surface area contributed by atoms with Gasteiger partial charge < -0.3 is 10.4 Å². The predicted molar refractivity (Wildman–Crippen MR) is 82.0 cm³/mol. The summed E-state index contributed by atoms with van der Waals surface area (Å²) in [5.74, 6) is -2.68. The van der Waals surface area contributed by atoms with Crippen LogP contribution in [-0.4, -0.2) is 47.6 Å². The smallest absolute Gasteiger partial charge is 0.317 e. The van der Waals surface area contributed by atoms with Gasteiger partial charge in [-0.05, 0) is 38.4 Å². The van der Waals surface area contributed by atoms with Crippen molar-refractivity contribution in [3.8, 4) is 0 Å². The number of carboxylic acids is 1. The Hall–Kier alpha value is -2.02. The van der Waals surface area contributed by atoms with Crippen molar-refractivity contribution in [1.82, 2.24) is 10.2 Å². The average molecular weight is 328 g/mol. The Morgan fingerprint density at radius 1 is 1.26 bits per heavy atom. The number of halogens is 2. The van der Waals surface area contributed by atoms with E-state index in [0.717, 1.165) is 6.42 Å². The molecule has 0 saturated carbocycles. The van der Waals surface area contributed by atoms with Crippen LogP contribution in [0.15, 0.2) is 18.2 Å². The molecule has 2 N–H and O–H groups in total. The second kappa shape index (κ2) is 9.19. The number of rotatable bonds is 9. The molecule has 1 amide bonds. The molecule has 0 radical (unpaired) electrons. The monoisotopic (exact) mass is 328 g/mol. The molecule has 1 unspecified atom stereocenters. The zero-order valence-corrected chi connectivity index (χ0v) is 13.3. The lowest BCUT2D eigenvalue weighted by atomic mass is 10.1. The van der Waals surface area contributed by atoms with Crippen molar-refractivity contribution in [3.05, 3.63) is 35.4 Å². The van der Waals surface area contributed by atoms with E-state index in [-0.39, 0.29) is 31.0 Å². The third-order valence-corrected chi connectivity index (χ3v) is 3.25. The van der Waals surface area contributed by atoms with E-state index in [1.807, 2.05) is 6.92 Å². The van der Waals surface area contributed by atoms with Gasteiger partial charge in [0.1, 0.15) is 11.6 Å². The molecular formula is C16H22F2N2O3. The maximum Gasteiger partial charge on any atom is 0.317 e. The molecule has 0 aliphatic heterocycles. The fraction of sp³-hybridized carbons (Fsp3) is 0.500. The van der Waals surface area contributed by atoms with Crippen LogP contribution in [0.5, 0.6) is 0 Å². The lowest BCUT2D eigenvalue weighted by molar-refractivity contribution is -0.138. The number of nitrogens with zero attached hydrogens (tertiary/aromatic N) is 1. The highest BCUT2D eigenvalue weighted by atomic mass is 19.1. The average Bonchev–Trinajstić information content (AvgIpc) is 2.42. The van der Waals surface area contributed by atoms with Crippen LogP contribution >= 0.6 is 0 Å². The molecule has 0 aromatic heterocycles. The zero-order valence-electron chi connectivity index (χ0n) is 13.3.